The number of nitrogens with zero attached hydrogens (tertiary/aromatic N) is 3. The molecule has 2 amide bonds. The largest absolute Gasteiger partial charge is 0.345 e. The molecule has 172 valence electrons. The third kappa shape index (κ3) is 5.47. The van der Waals surface area contributed by atoms with Crippen molar-refractivity contribution in [1.82, 2.24) is 20.1 Å². The van der Waals surface area contributed by atoms with Crippen molar-refractivity contribution in [3.05, 3.63) is 95.8 Å². The van der Waals surface area contributed by atoms with E-state index in [9.17, 15) is 9.59 Å². The predicted molar refractivity (Wildman–Crippen MR) is 136 cm³/mol. The van der Waals surface area contributed by atoms with Gasteiger partial charge in [-0.15, -0.1) is 16.8 Å². The van der Waals surface area contributed by atoms with Gasteiger partial charge in [-0.05, 0) is 23.6 Å². The van der Waals surface area contributed by atoms with E-state index in [2.05, 4.69) is 27.4 Å². The first-order chi connectivity index (χ1) is 16.6. The molecule has 0 saturated heterocycles. The minimum atomic E-state index is -0.303. The first-order valence-corrected chi connectivity index (χ1v) is 11.9. The maximum atomic E-state index is 12.6. The zero-order valence-electron chi connectivity index (χ0n) is 18.2. The highest BCUT2D eigenvalue weighted by atomic mass is 35.5. The van der Waals surface area contributed by atoms with Crippen molar-refractivity contribution in [2.24, 2.45) is 0 Å². The number of fused-ring (bicyclic) bond motifs is 1. The van der Waals surface area contributed by atoms with Crippen molar-refractivity contribution in [3.8, 4) is 0 Å². The molecular weight excluding hydrogens is 470 g/mol. The van der Waals surface area contributed by atoms with Crippen molar-refractivity contribution in [1.29, 1.82) is 0 Å². The van der Waals surface area contributed by atoms with Gasteiger partial charge in [0.1, 0.15) is 0 Å². The number of nitrogens with one attached hydrogen (secondary N) is 2. The Balaban J connectivity index is 1.40. The molecule has 1 aromatic heterocycles. The van der Waals surface area contributed by atoms with Crippen LogP contribution in [0.4, 0.5) is 5.69 Å². The maximum absolute atomic E-state index is 12.6. The quantitative estimate of drug-likeness (QED) is 0.256. The molecule has 0 aliphatic heterocycles. The summed E-state index contributed by atoms with van der Waals surface area (Å²) in [7, 11) is 0. The number of anilines is 1. The molecule has 0 aliphatic carbocycles. The molecule has 0 spiro atoms. The van der Waals surface area contributed by atoms with Gasteiger partial charge < -0.3 is 15.2 Å². The van der Waals surface area contributed by atoms with E-state index in [1.54, 1.807) is 30.3 Å². The number of allylic oxidation sites excluding steroid dienone is 1. The number of hydrogen-bond donors (Lipinski definition) is 2. The zero-order chi connectivity index (χ0) is 23.9. The van der Waals surface area contributed by atoms with E-state index in [-0.39, 0.29) is 24.1 Å². The van der Waals surface area contributed by atoms with E-state index in [1.807, 2.05) is 47.0 Å². The molecule has 0 unspecified atom stereocenters. The molecule has 0 atom stereocenters. The van der Waals surface area contributed by atoms with E-state index >= 15 is 0 Å². The molecule has 4 rings (SSSR count). The number of halogens is 1. The summed E-state index contributed by atoms with van der Waals surface area (Å²) in [6.07, 6.45) is 1.71. The lowest BCUT2D eigenvalue weighted by Crippen LogP contribution is -2.25. The first kappa shape index (κ1) is 23.5. The molecule has 0 bridgehead atoms. The molecular formula is C25H22ClN5O2S. The van der Waals surface area contributed by atoms with Crippen LogP contribution >= 0.6 is 23.4 Å². The fraction of sp³-hybridized carbons (Fsp3) is 0.120. The molecule has 3 aromatic carbocycles. The molecule has 0 saturated carbocycles. The second kappa shape index (κ2) is 11.0. The highest BCUT2D eigenvalue weighted by Crippen LogP contribution is 2.24. The molecule has 0 fully saturated rings. The van der Waals surface area contributed by atoms with Gasteiger partial charge >= 0.3 is 0 Å². The minimum absolute atomic E-state index is 0.150. The van der Waals surface area contributed by atoms with E-state index < -0.39 is 0 Å². The Morgan fingerprint density at radius 2 is 1.79 bits per heavy atom. The highest BCUT2D eigenvalue weighted by molar-refractivity contribution is 7.99. The van der Waals surface area contributed by atoms with Crippen molar-refractivity contribution in [2.75, 3.05) is 11.1 Å². The average molecular weight is 492 g/mol. The summed E-state index contributed by atoms with van der Waals surface area (Å²) in [6.45, 7) is 4.38. The van der Waals surface area contributed by atoms with E-state index in [1.165, 1.54) is 11.8 Å². The van der Waals surface area contributed by atoms with Gasteiger partial charge in [0.25, 0.3) is 5.91 Å². The topological polar surface area (TPSA) is 88.9 Å². The lowest BCUT2D eigenvalue weighted by atomic mass is 10.1. The minimum Gasteiger partial charge on any atom is -0.345 e. The Kier molecular flexibility index (Phi) is 7.61. The summed E-state index contributed by atoms with van der Waals surface area (Å²) in [5.41, 5.74) is 1.15. The summed E-state index contributed by atoms with van der Waals surface area (Å²) in [6, 6.07) is 20.5. The number of amides is 2. The Hall–Kier alpha value is -3.62. The maximum Gasteiger partial charge on any atom is 0.253 e. The van der Waals surface area contributed by atoms with Gasteiger partial charge in [-0.1, -0.05) is 78.0 Å². The van der Waals surface area contributed by atoms with Crippen LogP contribution in [-0.4, -0.2) is 32.3 Å². The van der Waals surface area contributed by atoms with Crippen LogP contribution in [0.3, 0.4) is 0 Å². The fourth-order valence-electron chi connectivity index (χ4n) is 3.42. The van der Waals surface area contributed by atoms with E-state index in [0.29, 0.717) is 28.1 Å². The number of hydrogen-bond acceptors (Lipinski definition) is 5. The summed E-state index contributed by atoms with van der Waals surface area (Å²) in [5, 5.41) is 17.2. The molecule has 0 radical (unpaired) electrons. The van der Waals surface area contributed by atoms with Gasteiger partial charge in [0, 0.05) is 17.6 Å². The van der Waals surface area contributed by atoms with Gasteiger partial charge in [0.2, 0.25) is 5.91 Å². The summed E-state index contributed by atoms with van der Waals surface area (Å²) < 4.78 is 1.82. The number of aromatic nitrogens is 3. The van der Waals surface area contributed by atoms with Crippen molar-refractivity contribution in [3.63, 3.8) is 0 Å². The van der Waals surface area contributed by atoms with Gasteiger partial charge in [-0.3, -0.25) is 9.59 Å². The summed E-state index contributed by atoms with van der Waals surface area (Å²) >= 11 is 7.37. The third-order valence-electron chi connectivity index (χ3n) is 5.03. The second-order valence-corrected chi connectivity index (χ2v) is 8.67. The highest BCUT2D eigenvalue weighted by Gasteiger charge is 2.16. The van der Waals surface area contributed by atoms with Crippen molar-refractivity contribution in [2.45, 2.75) is 18.2 Å². The van der Waals surface area contributed by atoms with Gasteiger partial charge in [-0.2, -0.15) is 0 Å². The third-order valence-corrected chi connectivity index (χ3v) is 6.32. The fourth-order valence-corrected chi connectivity index (χ4v) is 4.41. The number of carbonyl (C=O) groups is 2. The molecule has 7 nitrogen and oxygen atoms in total. The van der Waals surface area contributed by atoms with Crippen LogP contribution in [0.1, 0.15) is 16.2 Å². The van der Waals surface area contributed by atoms with E-state index in [4.69, 9.17) is 11.6 Å². The van der Waals surface area contributed by atoms with Crippen molar-refractivity contribution >= 4 is 51.6 Å². The summed E-state index contributed by atoms with van der Waals surface area (Å²) in [4.78, 5) is 25.1. The van der Waals surface area contributed by atoms with Crippen LogP contribution in [0.25, 0.3) is 10.8 Å². The Labute approximate surface area is 206 Å². The molecule has 0 aliphatic rings. The molecule has 34 heavy (non-hydrogen) atoms. The zero-order valence-corrected chi connectivity index (χ0v) is 19.8. The monoisotopic (exact) mass is 491 g/mol. The van der Waals surface area contributed by atoms with Gasteiger partial charge in [0.05, 0.1) is 22.9 Å². The number of benzene rings is 3. The Morgan fingerprint density at radius 3 is 2.62 bits per heavy atom. The molecule has 4 aromatic rings. The number of thioether (sulfide) groups is 1. The van der Waals surface area contributed by atoms with Gasteiger partial charge in [0.15, 0.2) is 11.0 Å². The lowest BCUT2D eigenvalue weighted by molar-refractivity contribution is -0.113. The normalized spacial score (nSPS) is 10.7. The van der Waals surface area contributed by atoms with Crippen LogP contribution in [0.5, 0.6) is 0 Å². The number of carbonyl (C=O) groups excluding carboxylic acids is 2. The Morgan fingerprint density at radius 1 is 1.03 bits per heavy atom. The SMILES string of the molecule is C=CCn1c(CNC(=O)c2ccccc2Cl)nnc1SCC(=O)Nc1cccc2ccccc12. The van der Waals surface area contributed by atoms with Crippen LogP contribution in [0, 0.1) is 0 Å². The van der Waals surface area contributed by atoms with Crippen LogP contribution < -0.4 is 10.6 Å². The molecule has 1 heterocycles. The first-order valence-electron chi connectivity index (χ1n) is 10.5. The van der Waals surface area contributed by atoms with E-state index in [0.717, 1.165) is 16.5 Å². The number of rotatable bonds is 9. The molecule has 9 heteroatoms. The van der Waals surface area contributed by atoms with Crippen molar-refractivity contribution < 1.29 is 9.59 Å². The molecule has 2 N–H and O–H groups in total. The van der Waals surface area contributed by atoms with Crippen LogP contribution in [-0.2, 0) is 17.9 Å². The standard InChI is InChI=1S/C25H22ClN5O2S/c1-2-14-31-22(15-27-24(33)19-11-5-6-12-20(19)26)29-30-25(31)34-16-23(32)28-21-13-7-9-17-8-3-4-10-18(17)21/h2-13H,1,14-16H2,(H,27,33)(H,28,32). The van der Waals surface area contributed by atoms with Crippen LogP contribution in [0.15, 0.2) is 84.5 Å². The van der Waals surface area contributed by atoms with Gasteiger partial charge in [-0.25, -0.2) is 0 Å². The second-order valence-electron chi connectivity index (χ2n) is 7.32. The smallest absolute Gasteiger partial charge is 0.253 e. The lowest BCUT2D eigenvalue weighted by Gasteiger charge is -2.10. The Bertz CT molecular complexity index is 1350. The summed E-state index contributed by atoms with van der Waals surface area (Å²) in [5.74, 6) is 0.257. The predicted octanol–water partition coefficient (Wildman–Crippen LogP) is 4.93. The average Bonchev–Trinajstić information content (AvgIpc) is 3.23. The van der Waals surface area contributed by atoms with Crippen LogP contribution in [0.2, 0.25) is 5.02 Å².